The van der Waals surface area contributed by atoms with E-state index in [1.165, 1.54) is 6.42 Å². The standard InChI is InChI=1S/C16H23BrN2O/c1-3-12-6-7-19(14(9-12)10-18)16(20)15-5-4-13(17)8-11(15)2/h4-5,8,12,14H,3,6-7,9-10,18H2,1-2H3. The Morgan fingerprint density at radius 2 is 2.25 bits per heavy atom. The first kappa shape index (κ1) is 15.5. The summed E-state index contributed by atoms with van der Waals surface area (Å²) in [7, 11) is 0. The molecular weight excluding hydrogens is 316 g/mol. The number of carbonyl (C=O) groups excluding carboxylic acids is 1. The van der Waals surface area contributed by atoms with Gasteiger partial charge in [-0.15, -0.1) is 0 Å². The first-order valence-electron chi connectivity index (χ1n) is 7.34. The van der Waals surface area contributed by atoms with E-state index in [2.05, 4.69) is 22.9 Å². The quantitative estimate of drug-likeness (QED) is 0.918. The van der Waals surface area contributed by atoms with Gasteiger partial charge in [0.1, 0.15) is 0 Å². The van der Waals surface area contributed by atoms with Gasteiger partial charge in [-0.2, -0.15) is 0 Å². The molecule has 0 spiro atoms. The van der Waals surface area contributed by atoms with Crippen molar-refractivity contribution in [2.24, 2.45) is 11.7 Å². The lowest BCUT2D eigenvalue weighted by Gasteiger charge is -2.39. The average molecular weight is 339 g/mol. The second kappa shape index (κ2) is 6.72. The third-order valence-electron chi connectivity index (χ3n) is 4.35. The molecule has 1 saturated heterocycles. The molecule has 1 fully saturated rings. The lowest BCUT2D eigenvalue weighted by Crippen LogP contribution is -2.49. The summed E-state index contributed by atoms with van der Waals surface area (Å²) in [6, 6.07) is 6.01. The zero-order valence-electron chi connectivity index (χ0n) is 12.2. The van der Waals surface area contributed by atoms with Crippen molar-refractivity contribution in [3.05, 3.63) is 33.8 Å². The van der Waals surface area contributed by atoms with Crippen molar-refractivity contribution in [3.63, 3.8) is 0 Å². The van der Waals surface area contributed by atoms with E-state index >= 15 is 0 Å². The Balaban J connectivity index is 2.19. The van der Waals surface area contributed by atoms with Gasteiger partial charge < -0.3 is 10.6 Å². The fraction of sp³-hybridized carbons (Fsp3) is 0.562. The molecule has 0 aromatic heterocycles. The summed E-state index contributed by atoms with van der Waals surface area (Å²) in [6.45, 7) is 5.58. The van der Waals surface area contributed by atoms with Crippen molar-refractivity contribution in [1.29, 1.82) is 0 Å². The highest BCUT2D eigenvalue weighted by Crippen LogP contribution is 2.27. The number of nitrogens with two attached hydrogens (primary N) is 1. The highest BCUT2D eigenvalue weighted by atomic mass is 79.9. The minimum atomic E-state index is 0.125. The summed E-state index contributed by atoms with van der Waals surface area (Å²) in [5, 5.41) is 0. The van der Waals surface area contributed by atoms with Gasteiger partial charge in [-0.1, -0.05) is 29.3 Å². The molecule has 2 rings (SSSR count). The lowest BCUT2D eigenvalue weighted by atomic mass is 9.88. The van der Waals surface area contributed by atoms with Crippen LogP contribution >= 0.6 is 15.9 Å². The predicted octanol–water partition coefficient (Wildman–Crippen LogP) is 3.35. The zero-order valence-corrected chi connectivity index (χ0v) is 13.8. The molecule has 2 atom stereocenters. The van der Waals surface area contributed by atoms with Crippen LogP contribution in [0.4, 0.5) is 0 Å². The maximum atomic E-state index is 12.8. The molecule has 20 heavy (non-hydrogen) atoms. The third kappa shape index (κ3) is 3.23. The second-order valence-corrected chi connectivity index (χ2v) is 6.56. The number of amides is 1. The summed E-state index contributed by atoms with van der Waals surface area (Å²) in [5.74, 6) is 0.832. The van der Waals surface area contributed by atoms with Crippen molar-refractivity contribution in [3.8, 4) is 0 Å². The first-order valence-corrected chi connectivity index (χ1v) is 8.13. The van der Waals surface area contributed by atoms with Crippen LogP contribution in [0, 0.1) is 12.8 Å². The van der Waals surface area contributed by atoms with Gasteiger partial charge in [0.05, 0.1) is 0 Å². The molecule has 1 heterocycles. The van der Waals surface area contributed by atoms with Crippen LogP contribution in [0.3, 0.4) is 0 Å². The van der Waals surface area contributed by atoms with Crippen LogP contribution in [0.15, 0.2) is 22.7 Å². The fourth-order valence-electron chi connectivity index (χ4n) is 3.02. The molecule has 3 nitrogen and oxygen atoms in total. The Morgan fingerprint density at radius 1 is 1.50 bits per heavy atom. The van der Waals surface area contributed by atoms with Crippen molar-refractivity contribution in [2.75, 3.05) is 13.1 Å². The molecule has 1 aliphatic heterocycles. The van der Waals surface area contributed by atoms with Gasteiger partial charge in [0.25, 0.3) is 5.91 Å². The second-order valence-electron chi connectivity index (χ2n) is 5.65. The van der Waals surface area contributed by atoms with E-state index in [-0.39, 0.29) is 11.9 Å². The molecular formula is C16H23BrN2O. The Labute approximate surface area is 129 Å². The Hall–Kier alpha value is -0.870. The van der Waals surface area contributed by atoms with Gasteiger partial charge in [-0.3, -0.25) is 4.79 Å². The number of hydrogen-bond acceptors (Lipinski definition) is 2. The van der Waals surface area contributed by atoms with Crippen LogP contribution in [0.5, 0.6) is 0 Å². The number of likely N-dealkylation sites (tertiary alicyclic amines) is 1. The molecule has 110 valence electrons. The van der Waals surface area contributed by atoms with Gasteiger partial charge in [0.2, 0.25) is 0 Å². The number of carbonyl (C=O) groups is 1. The fourth-order valence-corrected chi connectivity index (χ4v) is 3.49. The van der Waals surface area contributed by atoms with Crippen molar-refractivity contribution >= 4 is 21.8 Å². The maximum Gasteiger partial charge on any atom is 0.254 e. The van der Waals surface area contributed by atoms with Gasteiger partial charge in [-0.05, 0) is 49.4 Å². The number of rotatable bonds is 3. The minimum absolute atomic E-state index is 0.125. The van der Waals surface area contributed by atoms with Crippen molar-refractivity contribution in [1.82, 2.24) is 4.90 Å². The number of piperidine rings is 1. The largest absolute Gasteiger partial charge is 0.334 e. The Kier molecular flexibility index (Phi) is 5.22. The van der Waals surface area contributed by atoms with Crippen LogP contribution in [-0.4, -0.2) is 29.9 Å². The molecule has 2 unspecified atom stereocenters. The van der Waals surface area contributed by atoms with E-state index in [1.807, 2.05) is 30.0 Å². The maximum absolute atomic E-state index is 12.8. The Bertz CT molecular complexity index is 489. The zero-order chi connectivity index (χ0) is 14.7. The van der Waals surface area contributed by atoms with E-state index in [1.54, 1.807) is 0 Å². The van der Waals surface area contributed by atoms with Crippen molar-refractivity contribution < 1.29 is 4.79 Å². The molecule has 1 aliphatic rings. The van der Waals surface area contributed by atoms with Crippen LogP contribution in [0.1, 0.15) is 42.1 Å². The SMILES string of the molecule is CCC1CCN(C(=O)c2ccc(Br)cc2C)C(CN)C1. The van der Waals surface area contributed by atoms with Crippen LogP contribution in [-0.2, 0) is 0 Å². The summed E-state index contributed by atoms with van der Waals surface area (Å²) in [5.41, 5.74) is 7.69. The predicted molar refractivity (Wildman–Crippen MR) is 85.8 cm³/mol. The number of benzene rings is 1. The average Bonchev–Trinajstić information content (AvgIpc) is 2.46. The van der Waals surface area contributed by atoms with E-state index in [4.69, 9.17) is 5.73 Å². The third-order valence-corrected chi connectivity index (χ3v) is 4.85. The van der Waals surface area contributed by atoms with Gasteiger partial charge >= 0.3 is 0 Å². The van der Waals surface area contributed by atoms with Gasteiger partial charge in [0.15, 0.2) is 0 Å². The number of aryl methyl sites for hydroxylation is 1. The highest BCUT2D eigenvalue weighted by Gasteiger charge is 2.30. The molecule has 0 radical (unpaired) electrons. The summed E-state index contributed by atoms with van der Waals surface area (Å²) in [6.07, 6.45) is 3.30. The van der Waals surface area contributed by atoms with E-state index in [0.717, 1.165) is 35.0 Å². The van der Waals surface area contributed by atoms with Gasteiger partial charge in [-0.25, -0.2) is 0 Å². The van der Waals surface area contributed by atoms with Crippen LogP contribution in [0.2, 0.25) is 0 Å². The van der Waals surface area contributed by atoms with Crippen molar-refractivity contribution in [2.45, 2.75) is 39.2 Å². The normalized spacial score (nSPS) is 22.9. The minimum Gasteiger partial charge on any atom is -0.334 e. The van der Waals surface area contributed by atoms with E-state index < -0.39 is 0 Å². The summed E-state index contributed by atoms with van der Waals surface area (Å²) < 4.78 is 1.01. The van der Waals surface area contributed by atoms with Gasteiger partial charge in [0, 0.05) is 29.2 Å². The lowest BCUT2D eigenvalue weighted by molar-refractivity contribution is 0.0558. The number of hydrogen-bond donors (Lipinski definition) is 1. The molecule has 4 heteroatoms. The van der Waals surface area contributed by atoms with E-state index in [9.17, 15) is 4.79 Å². The first-order chi connectivity index (χ1) is 9.56. The topological polar surface area (TPSA) is 46.3 Å². The molecule has 0 saturated carbocycles. The molecule has 1 aromatic rings. The molecule has 2 N–H and O–H groups in total. The van der Waals surface area contributed by atoms with E-state index in [0.29, 0.717) is 12.5 Å². The summed E-state index contributed by atoms with van der Waals surface area (Å²) >= 11 is 3.44. The molecule has 0 aliphatic carbocycles. The highest BCUT2D eigenvalue weighted by molar-refractivity contribution is 9.10. The monoisotopic (exact) mass is 338 g/mol. The molecule has 1 aromatic carbocycles. The molecule has 1 amide bonds. The smallest absolute Gasteiger partial charge is 0.254 e. The molecule has 0 bridgehead atoms. The number of halogens is 1. The number of nitrogens with zero attached hydrogens (tertiary/aromatic N) is 1. The summed E-state index contributed by atoms with van der Waals surface area (Å²) in [4.78, 5) is 14.7. The van der Waals surface area contributed by atoms with Crippen LogP contribution in [0.25, 0.3) is 0 Å². The van der Waals surface area contributed by atoms with Crippen LogP contribution < -0.4 is 5.73 Å². The Morgan fingerprint density at radius 3 is 2.85 bits per heavy atom.